The van der Waals surface area contributed by atoms with Crippen LogP contribution in [0.15, 0.2) is 29.2 Å². The average molecular weight is 319 g/mol. The molecule has 1 aromatic carbocycles. The van der Waals surface area contributed by atoms with Gasteiger partial charge in [0, 0.05) is 17.1 Å². The molecule has 1 aromatic rings. The summed E-state index contributed by atoms with van der Waals surface area (Å²) in [5.41, 5.74) is 0.958. The molecule has 20 heavy (non-hydrogen) atoms. The van der Waals surface area contributed by atoms with Crippen LogP contribution in [0.4, 0.5) is 0 Å². The summed E-state index contributed by atoms with van der Waals surface area (Å²) < 4.78 is 27.0. The molecule has 0 fully saturated rings. The Labute approximate surface area is 124 Å². The van der Waals surface area contributed by atoms with E-state index in [1.165, 1.54) is 13.2 Å². The fraction of sp³-hybridized carbons (Fsp3) is 0.500. The van der Waals surface area contributed by atoms with E-state index in [4.69, 9.17) is 10.7 Å². The van der Waals surface area contributed by atoms with Gasteiger partial charge in [0.1, 0.15) is 0 Å². The number of methoxy groups -OCH3 is 1. The molecule has 0 heterocycles. The average Bonchev–Trinajstić information content (AvgIpc) is 2.41. The van der Waals surface area contributed by atoms with Crippen LogP contribution in [0, 0.1) is 0 Å². The lowest BCUT2D eigenvalue weighted by Crippen LogP contribution is -1.99. The van der Waals surface area contributed by atoms with Gasteiger partial charge in [0.15, 0.2) is 0 Å². The maximum Gasteiger partial charge on any atom is 0.305 e. The highest BCUT2D eigenvalue weighted by molar-refractivity contribution is 8.13. The molecule has 4 nitrogen and oxygen atoms in total. The molecule has 0 aromatic heterocycles. The van der Waals surface area contributed by atoms with Crippen molar-refractivity contribution in [3.8, 4) is 0 Å². The Morgan fingerprint density at radius 2 is 1.90 bits per heavy atom. The van der Waals surface area contributed by atoms with Gasteiger partial charge in [0.25, 0.3) is 9.05 Å². The van der Waals surface area contributed by atoms with Crippen molar-refractivity contribution in [1.82, 2.24) is 0 Å². The first-order valence-electron chi connectivity index (χ1n) is 6.54. The Balaban J connectivity index is 2.31. The van der Waals surface area contributed by atoms with E-state index < -0.39 is 9.05 Å². The Hall–Kier alpha value is -1.07. The number of esters is 1. The molecule has 0 unspecified atom stereocenters. The molecule has 0 radical (unpaired) electrons. The summed E-state index contributed by atoms with van der Waals surface area (Å²) in [6, 6.07) is 6.68. The molecule has 0 saturated heterocycles. The lowest BCUT2D eigenvalue weighted by molar-refractivity contribution is -0.140. The third-order valence-corrected chi connectivity index (χ3v) is 4.36. The lowest BCUT2D eigenvalue weighted by Gasteiger charge is -2.04. The predicted octanol–water partition coefficient (Wildman–Crippen LogP) is 3.28. The molecule has 0 aliphatic heterocycles. The molecule has 0 aliphatic carbocycles. The van der Waals surface area contributed by atoms with Crippen molar-refractivity contribution in [2.24, 2.45) is 0 Å². The summed E-state index contributed by atoms with van der Waals surface area (Å²) in [4.78, 5) is 11.0. The van der Waals surface area contributed by atoms with E-state index in [-0.39, 0.29) is 10.9 Å². The van der Waals surface area contributed by atoms with Crippen LogP contribution in [-0.2, 0) is 25.0 Å². The van der Waals surface area contributed by atoms with Crippen molar-refractivity contribution in [3.05, 3.63) is 29.8 Å². The Morgan fingerprint density at radius 1 is 1.20 bits per heavy atom. The molecule has 0 saturated carbocycles. The largest absolute Gasteiger partial charge is 0.469 e. The van der Waals surface area contributed by atoms with Gasteiger partial charge in [-0.2, -0.15) is 0 Å². The van der Waals surface area contributed by atoms with E-state index in [9.17, 15) is 13.2 Å². The zero-order valence-electron chi connectivity index (χ0n) is 11.5. The van der Waals surface area contributed by atoms with E-state index in [1.807, 2.05) is 6.07 Å². The van der Waals surface area contributed by atoms with Gasteiger partial charge in [0.2, 0.25) is 0 Å². The number of aryl methyl sites for hydroxylation is 1. The minimum Gasteiger partial charge on any atom is -0.469 e. The van der Waals surface area contributed by atoms with Gasteiger partial charge in [0.05, 0.1) is 12.0 Å². The van der Waals surface area contributed by atoms with Gasteiger partial charge in [-0.25, -0.2) is 8.42 Å². The number of ether oxygens (including phenoxy) is 1. The quantitative estimate of drug-likeness (QED) is 0.419. The van der Waals surface area contributed by atoms with Gasteiger partial charge in [-0.05, 0) is 37.0 Å². The van der Waals surface area contributed by atoms with Crippen molar-refractivity contribution in [3.63, 3.8) is 0 Å². The van der Waals surface area contributed by atoms with Crippen LogP contribution >= 0.6 is 10.7 Å². The van der Waals surface area contributed by atoms with Crippen molar-refractivity contribution >= 4 is 25.7 Å². The molecular formula is C14H19ClO4S. The van der Waals surface area contributed by atoms with Crippen LogP contribution in [0.3, 0.4) is 0 Å². The number of benzene rings is 1. The van der Waals surface area contributed by atoms with E-state index in [0.29, 0.717) is 6.42 Å². The molecule has 0 bridgehead atoms. The zero-order chi connectivity index (χ0) is 15.0. The first kappa shape index (κ1) is 17.0. The summed E-state index contributed by atoms with van der Waals surface area (Å²) in [7, 11) is 3.04. The maximum absolute atomic E-state index is 11.2. The second kappa shape index (κ2) is 8.27. The van der Waals surface area contributed by atoms with Gasteiger partial charge < -0.3 is 4.74 Å². The van der Waals surface area contributed by atoms with Gasteiger partial charge in [-0.1, -0.05) is 25.0 Å². The lowest BCUT2D eigenvalue weighted by atomic mass is 10.1. The van der Waals surface area contributed by atoms with Crippen molar-refractivity contribution < 1.29 is 17.9 Å². The summed E-state index contributed by atoms with van der Waals surface area (Å²) in [5, 5.41) is 0. The molecule has 1 rings (SSSR count). The monoisotopic (exact) mass is 318 g/mol. The summed E-state index contributed by atoms with van der Waals surface area (Å²) >= 11 is 0. The number of carbonyl (C=O) groups excluding carboxylic acids is 1. The fourth-order valence-corrected chi connectivity index (χ4v) is 2.73. The normalized spacial score (nSPS) is 11.3. The third-order valence-electron chi connectivity index (χ3n) is 3.00. The summed E-state index contributed by atoms with van der Waals surface area (Å²) in [5.74, 6) is -0.176. The van der Waals surface area contributed by atoms with E-state index >= 15 is 0 Å². The van der Waals surface area contributed by atoms with Gasteiger partial charge in [-0.3, -0.25) is 4.79 Å². The summed E-state index contributed by atoms with van der Waals surface area (Å²) in [6.45, 7) is 0. The van der Waals surface area contributed by atoms with Crippen LogP contribution in [0.1, 0.15) is 37.7 Å². The molecular weight excluding hydrogens is 300 g/mol. The van der Waals surface area contributed by atoms with Crippen molar-refractivity contribution in [2.75, 3.05) is 7.11 Å². The topological polar surface area (TPSA) is 60.4 Å². The van der Waals surface area contributed by atoms with Crippen molar-refractivity contribution in [2.45, 2.75) is 43.4 Å². The van der Waals surface area contributed by atoms with E-state index in [1.54, 1.807) is 12.1 Å². The molecule has 0 amide bonds. The molecule has 0 N–H and O–H groups in total. The number of hydrogen-bond donors (Lipinski definition) is 0. The van der Waals surface area contributed by atoms with Gasteiger partial charge in [-0.15, -0.1) is 0 Å². The first-order valence-corrected chi connectivity index (χ1v) is 8.85. The predicted molar refractivity (Wildman–Crippen MR) is 78.3 cm³/mol. The highest BCUT2D eigenvalue weighted by atomic mass is 35.7. The zero-order valence-corrected chi connectivity index (χ0v) is 13.0. The highest BCUT2D eigenvalue weighted by Gasteiger charge is 2.09. The minimum atomic E-state index is -3.66. The highest BCUT2D eigenvalue weighted by Crippen LogP contribution is 2.17. The van der Waals surface area contributed by atoms with E-state index in [0.717, 1.165) is 37.7 Å². The number of halogens is 1. The SMILES string of the molecule is COC(=O)CCCCCCc1cccc(S(=O)(=O)Cl)c1. The standard InChI is InChI=1S/C14H19ClO4S/c1-19-14(16)10-5-3-2-4-7-12-8-6-9-13(11-12)20(15,17)18/h6,8-9,11H,2-5,7,10H2,1H3. The first-order chi connectivity index (χ1) is 9.43. The second-order valence-electron chi connectivity index (χ2n) is 4.58. The van der Waals surface area contributed by atoms with Crippen LogP contribution in [0.5, 0.6) is 0 Å². The minimum absolute atomic E-state index is 0.141. The van der Waals surface area contributed by atoms with Gasteiger partial charge >= 0.3 is 5.97 Å². The molecule has 112 valence electrons. The van der Waals surface area contributed by atoms with Crippen molar-refractivity contribution in [1.29, 1.82) is 0 Å². The molecule has 0 spiro atoms. The molecule has 0 atom stereocenters. The third kappa shape index (κ3) is 6.39. The molecule has 0 aliphatic rings. The number of carbonyl (C=O) groups is 1. The Kier molecular flexibility index (Phi) is 7.02. The number of hydrogen-bond acceptors (Lipinski definition) is 4. The second-order valence-corrected chi connectivity index (χ2v) is 7.14. The fourth-order valence-electron chi connectivity index (χ4n) is 1.91. The van der Waals surface area contributed by atoms with Crippen LogP contribution in [0.25, 0.3) is 0 Å². The van der Waals surface area contributed by atoms with E-state index in [2.05, 4.69) is 4.74 Å². The number of rotatable bonds is 8. The van der Waals surface area contributed by atoms with Crippen LogP contribution in [-0.4, -0.2) is 21.5 Å². The number of unbranched alkanes of at least 4 members (excludes halogenated alkanes) is 3. The molecule has 6 heteroatoms. The smallest absolute Gasteiger partial charge is 0.305 e. The Morgan fingerprint density at radius 3 is 2.55 bits per heavy atom. The summed E-state index contributed by atoms with van der Waals surface area (Å²) in [6.07, 6.45) is 4.99. The maximum atomic E-state index is 11.2. The Bertz CT molecular complexity index is 540. The van der Waals surface area contributed by atoms with Crippen LogP contribution < -0.4 is 0 Å². The van der Waals surface area contributed by atoms with Crippen LogP contribution in [0.2, 0.25) is 0 Å².